The summed E-state index contributed by atoms with van der Waals surface area (Å²) < 4.78 is 10.9. The molecule has 1 saturated heterocycles. The van der Waals surface area contributed by atoms with E-state index in [4.69, 9.17) is 9.47 Å². The first-order valence-electron chi connectivity index (χ1n) is 13.8. The van der Waals surface area contributed by atoms with E-state index in [9.17, 15) is 29.3 Å². The molecular weight excluding hydrogens is 516 g/mol. The molecule has 0 unspecified atom stereocenters. The lowest BCUT2D eigenvalue weighted by molar-refractivity contribution is -0.384. The Labute approximate surface area is 234 Å². The number of carbonyl (C=O) groups excluding carboxylic acids is 4. The molecule has 10 heteroatoms. The molecule has 40 heavy (non-hydrogen) atoms. The number of non-ortho nitro benzene ring substituents is 1. The van der Waals surface area contributed by atoms with Crippen molar-refractivity contribution in [3.05, 3.63) is 65.3 Å². The van der Waals surface area contributed by atoms with Crippen LogP contribution in [-0.4, -0.2) is 58.7 Å². The van der Waals surface area contributed by atoms with Crippen molar-refractivity contribution in [3.63, 3.8) is 0 Å². The zero-order chi connectivity index (χ0) is 29.3. The fourth-order valence-electron chi connectivity index (χ4n) is 5.32. The molecule has 1 aliphatic carbocycles. The number of hydrogen-bond donors (Lipinski definition) is 0. The Morgan fingerprint density at radius 3 is 2.42 bits per heavy atom. The Morgan fingerprint density at radius 2 is 1.82 bits per heavy atom. The second kappa shape index (κ2) is 14.0. The highest BCUT2D eigenvalue weighted by molar-refractivity contribution is 5.95. The van der Waals surface area contributed by atoms with E-state index < -0.39 is 34.4 Å². The molecule has 0 aromatic heterocycles. The maximum Gasteiger partial charge on any atom is 0.338 e. The number of unbranched alkanes of at least 4 members (excludes halogenated alkanes) is 4. The summed E-state index contributed by atoms with van der Waals surface area (Å²) in [4.78, 5) is 64.1. The van der Waals surface area contributed by atoms with Gasteiger partial charge in [-0.05, 0) is 50.7 Å². The van der Waals surface area contributed by atoms with E-state index in [1.807, 2.05) is 6.08 Å². The first kappa shape index (κ1) is 30.7. The first-order valence-corrected chi connectivity index (χ1v) is 13.8. The summed E-state index contributed by atoms with van der Waals surface area (Å²) in [6, 6.07) is 4.20. The van der Waals surface area contributed by atoms with Gasteiger partial charge in [-0.3, -0.25) is 24.5 Å². The van der Waals surface area contributed by atoms with Crippen molar-refractivity contribution >= 4 is 29.3 Å². The van der Waals surface area contributed by atoms with Gasteiger partial charge in [0.25, 0.3) is 5.69 Å². The van der Waals surface area contributed by atoms with Gasteiger partial charge in [0.2, 0.25) is 5.91 Å². The molecule has 0 bridgehead atoms. The number of nitro groups is 1. The molecule has 0 N–H and O–H groups in total. The van der Waals surface area contributed by atoms with Gasteiger partial charge in [0.15, 0.2) is 5.78 Å². The van der Waals surface area contributed by atoms with Crippen molar-refractivity contribution in [2.75, 3.05) is 13.2 Å². The van der Waals surface area contributed by atoms with E-state index in [1.165, 1.54) is 29.2 Å². The Kier molecular flexibility index (Phi) is 10.8. The van der Waals surface area contributed by atoms with Gasteiger partial charge in [0, 0.05) is 31.4 Å². The third-order valence-electron chi connectivity index (χ3n) is 7.68. The third-order valence-corrected chi connectivity index (χ3v) is 7.68. The third kappa shape index (κ3) is 7.43. The fraction of sp³-hybridized carbons (Fsp3) is 0.533. The lowest BCUT2D eigenvalue weighted by Gasteiger charge is -2.25. The zero-order valence-corrected chi connectivity index (χ0v) is 23.0. The minimum absolute atomic E-state index is 0.0573. The van der Waals surface area contributed by atoms with E-state index in [0.717, 1.165) is 25.7 Å². The number of Topliss-reactive ketones (excluding diaryl/α,β-unsaturated/α-hetero) is 1. The molecule has 10 nitrogen and oxygen atoms in total. The van der Waals surface area contributed by atoms with Crippen LogP contribution in [0, 0.1) is 21.4 Å². The average molecular weight is 555 g/mol. The van der Waals surface area contributed by atoms with Crippen LogP contribution in [0.1, 0.15) is 75.1 Å². The number of esters is 2. The lowest BCUT2D eigenvalue weighted by atomic mass is 9.92. The van der Waals surface area contributed by atoms with E-state index >= 15 is 0 Å². The van der Waals surface area contributed by atoms with E-state index in [2.05, 4.69) is 13.2 Å². The van der Waals surface area contributed by atoms with Crippen LogP contribution in [0.2, 0.25) is 0 Å². The molecule has 1 amide bonds. The van der Waals surface area contributed by atoms with Crippen LogP contribution in [-0.2, 0) is 23.9 Å². The summed E-state index contributed by atoms with van der Waals surface area (Å²) in [5.41, 5.74) is -0.994. The van der Waals surface area contributed by atoms with Crippen LogP contribution in [0.4, 0.5) is 5.69 Å². The predicted molar refractivity (Wildman–Crippen MR) is 147 cm³/mol. The minimum atomic E-state index is -0.970. The summed E-state index contributed by atoms with van der Waals surface area (Å²) in [5, 5.41) is 10.9. The van der Waals surface area contributed by atoms with Crippen molar-refractivity contribution in [2.45, 2.75) is 76.9 Å². The minimum Gasteiger partial charge on any atom is -0.466 e. The monoisotopic (exact) mass is 554 g/mol. The van der Waals surface area contributed by atoms with Gasteiger partial charge in [-0.2, -0.15) is 0 Å². The molecule has 2 aliphatic rings. The smallest absolute Gasteiger partial charge is 0.338 e. The van der Waals surface area contributed by atoms with Crippen molar-refractivity contribution in [2.24, 2.45) is 11.3 Å². The lowest BCUT2D eigenvalue weighted by Crippen LogP contribution is -2.42. The van der Waals surface area contributed by atoms with Crippen molar-refractivity contribution in [1.29, 1.82) is 0 Å². The normalized spacial score (nSPS) is 23.2. The summed E-state index contributed by atoms with van der Waals surface area (Å²) in [5.74, 6) is -1.78. The highest BCUT2D eigenvalue weighted by Crippen LogP contribution is 2.57. The Bertz CT molecular complexity index is 1130. The van der Waals surface area contributed by atoms with E-state index in [1.54, 1.807) is 13.0 Å². The first-order chi connectivity index (χ1) is 19.2. The molecule has 0 spiro atoms. The SMILES string of the molecule is C=CCCCCCCC(=O)N1C[C@@H](OC(=O)c2ccc([N+](=O)[O-])cc2)C[C@H]1C(=O)C[C@]1(C(=O)OCC)C[C@H]1C=C. The molecule has 2 fully saturated rings. The summed E-state index contributed by atoms with van der Waals surface area (Å²) in [7, 11) is 0. The van der Waals surface area contributed by atoms with E-state index in [0.29, 0.717) is 12.8 Å². The number of carbonyl (C=O) groups is 4. The largest absolute Gasteiger partial charge is 0.466 e. The van der Waals surface area contributed by atoms with Gasteiger partial charge in [-0.25, -0.2) is 4.79 Å². The molecule has 1 aromatic rings. The van der Waals surface area contributed by atoms with Crippen molar-refractivity contribution in [3.8, 4) is 0 Å². The van der Waals surface area contributed by atoms with Gasteiger partial charge >= 0.3 is 11.9 Å². The maximum atomic E-state index is 13.6. The number of nitro benzene ring substituents is 1. The molecule has 1 heterocycles. The van der Waals surface area contributed by atoms with Crippen molar-refractivity contribution < 1.29 is 33.6 Å². The van der Waals surface area contributed by atoms with Crippen LogP contribution in [0.15, 0.2) is 49.6 Å². The standard InChI is InChI=1S/C30H38N2O8/c1-4-7-8-9-10-11-12-27(34)31-20-24(40-28(35)21-13-15-23(16-14-21)32(37)38)17-25(31)26(33)19-30(18-22(30)5-2)29(36)39-6-3/h4-5,13-16,22,24-25H,1-2,6-12,17-20H2,3H3/t22-,24+,25+,30-/m1/s1. The number of benzene rings is 1. The van der Waals surface area contributed by atoms with Gasteiger partial charge in [0.1, 0.15) is 6.10 Å². The van der Waals surface area contributed by atoms with Crippen LogP contribution >= 0.6 is 0 Å². The second-order valence-electron chi connectivity index (χ2n) is 10.4. The number of amides is 1. The highest BCUT2D eigenvalue weighted by Gasteiger charge is 2.61. The Morgan fingerprint density at radius 1 is 1.12 bits per heavy atom. The molecule has 1 aromatic carbocycles. The summed E-state index contributed by atoms with van der Waals surface area (Å²) in [6.07, 6.45) is 7.99. The number of likely N-dealkylation sites (tertiary alicyclic amines) is 1. The number of allylic oxidation sites excluding steroid dienone is 2. The number of hydrogen-bond acceptors (Lipinski definition) is 8. The topological polar surface area (TPSA) is 133 Å². The Balaban J connectivity index is 1.71. The van der Waals surface area contributed by atoms with Crippen LogP contribution in [0.25, 0.3) is 0 Å². The van der Waals surface area contributed by atoms with Crippen LogP contribution in [0.3, 0.4) is 0 Å². The van der Waals surface area contributed by atoms with Gasteiger partial charge in [-0.1, -0.05) is 25.0 Å². The second-order valence-corrected chi connectivity index (χ2v) is 10.4. The molecule has 1 saturated carbocycles. The fourth-order valence-corrected chi connectivity index (χ4v) is 5.32. The average Bonchev–Trinajstić information content (AvgIpc) is 3.49. The number of ketones is 1. The van der Waals surface area contributed by atoms with Gasteiger partial charge < -0.3 is 14.4 Å². The maximum absolute atomic E-state index is 13.6. The predicted octanol–water partition coefficient (Wildman–Crippen LogP) is 4.96. The summed E-state index contributed by atoms with van der Waals surface area (Å²) in [6.45, 7) is 9.44. The van der Waals surface area contributed by atoms with Crippen LogP contribution < -0.4 is 0 Å². The van der Waals surface area contributed by atoms with Crippen molar-refractivity contribution in [1.82, 2.24) is 4.90 Å². The molecule has 3 rings (SSSR count). The van der Waals surface area contributed by atoms with Gasteiger partial charge in [-0.15, -0.1) is 13.2 Å². The number of rotatable bonds is 16. The Hall–Kier alpha value is -3.82. The summed E-state index contributed by atoms with van der Waals surface area (Å²) >= 11 is 0. The zero-order valence-electron chi connectivity index (χ0n) is 23.0. The van der Waals surface area contributed by atoms with E-state index in [-0.39, 0.29) is 61.3 Å². The molecule has 1 aliphatic heterocycles. The number of nitrogens with zero attached hydrogens (tertiary/aromatic N) is 2. The number of ether oxygens (including phenoxy) is 2. The molecule has 0 radical (unpaired) electrons. The quantitative estimate of drug-likeness (QED) is 0.0920. The van der Waals surface area contributed by atoms with Gasteiger partial charge in [0.05, 0.1) is 35.1 Å². The van der Waals surface area contributed by atoms with Crippen LogP contribution in [0.5, 0.6) is 0 Å². The molecule has 4 atom stereocenters. The molecular formula is C30H38N2O8. The highest BCUT2D eigenvalue weighted by atomic mass is 16.6. The molecule has 216 valence electrons.